The van der Waals surface area contributed by atoms with Gasteiger partial charge in [-0.1, -0.05) is 0 Å². The van der Waals surface area contributed by atoms with Gasteiger partial charge in [0.05, 0.1) is 17.7 Å². The van der Waals surface area contributed by atoms with Crippen LogP contribution in [-0.2, 0) is 6.54 Å². The number of aliphatic hydroxyl groups is 1. The predicted octanol–water partition coefficient (Wildman–Crippen LogP) is 1.76. The lowest BCUT2D eigenvalue weighted by Gasteiger charge is -2.32. The van der Waals surface area contributed by atoms with Crippen LogP contribution in [0.4, 0.5) is 0 Å². The number of hydrogen-bond acceptors (Lipinski definition) is 6. The van der Waals surface area contributed by atoms with Gasteiger partial charge in [-0.15, -0.1) is 0 Å². The van der Waals surface area contributed by atoms with Crippen molar-refractivity contribution in [3.05, 3.63) is 28.0 Å². The Bertz CT molecular complexity index is 787. The smallest absolute Gasteiger partial charge is 0.265 e. The van der Waals surface area contributed by atoms with Crippen molar-refractivity contribution in [3.63, 3.8) is 0 Å². The van der Waals surface area contributed by atoms with E-state index in [9.17, 15) is 14.7 Å². The topological polar surface area (TPSA) is 85.3 Å². The third kappa shape index (κ3) is 2.59. The Morgan fingerprint density at radius 2 is 2.18 bits per heavy atom. The second-order valence-corrected chi connectivity index (χ2v) is 7.01. The summed E-state index contributed by atoms with van der Waals surface area (Å²) >= 11 is 1.80. The first-order valence-electron chi connectivity index (χ1n) is 7.21. The summed E-state index contributed by atoms with van der Waals surface area (Å²) in [5.41, 5.74) is -0.763. The van der Waals surface area contributed by atoms with E-state index in [0.29, 0.717) is 18.6 Å². The molecule has 1 saturated heterocycles. The van der Waals surface area contributed by atoms with Gasteiger partial charge < -0.3 is 9.52 Å². The maximum absolute atomic E-state index is 12.7. The van der Waals surface area contributed by atoms with Gasteiger partial charge >= 0.3 is 0 Å². The van der Waals surface area contributed by atoms with Crippen molar-refractivity contribution in [2.24, 2.45) is 0 Å². The van der Waals surface area contributed by atoms with Crippen molar-refractivity contribution >= 4 is 28.6 Å². The number of ketones is 1. The highest BCUT2D eigenvalue weighted by molar-refractivity contribution is 7.99. The van der Waals surface area contributed by atoms with Gasteiger partial charge in [0.25, 0.3) is 5.56 Å². The van der Waals surface area contributed by atoms with Gasteiger partial charge in [-0.3, -0.25) is 14.2 Å². The van der Waals surface area contributed by atoms with Crippen molar-refractivity contribution in [3.8, 4) is 0 Å². The van der Waals surface area contributed by atoms with Crippen LogP contribution in [0.2, 0.25) is 0 Å². The molecular formula is C15H18N2O4S. The zero-order chi connectivity index (χ0) is 15.9. The number of Topliss-reactive ketones (excluding diaryl/α,β-unsaturated/α-hetero) is 1. The number of aryl methyl sites for hydroxylation is 1. The monoisotopic (exact) mass is 322 g/mol. The summed E-state index contributed by atoms with van der Waals surface area (Å²) in [7, 11) is 0. The molecule has 3 heterocycles. The molecule has 0 aliphatic carbocycles. The summed E-state index contributed by atoms with van der Waals surface area (Å²) in [4.78, 5) is 28.6. The second kappa shape index (κ2) is 5.55. The molecule has 2 aromatic rings. The molecule has 7 heteroatoms. The Morgan fingerprint density at radius 3 is 2.82 bits per heavy atom. The van der Waals surface area contributed by atoms with Crippen LogP contribution in [-0.4, -0.2) is 37.5 Å². The molecular weight excluding hydrogens is 304 g/mol. The number of hydrogen-bond donors (Lipinski definition) is 1. The van der Waals surface area contributed by atoms with Gasteiger partial charge in [0, 0.05) is 0 Å². The zero-order valence-electron chi connectivity index (χ0n) is 12.6. The van der Waals surface area contributed by atoms with Gasteiger partial charge in [-0.25, -0.2) is 4.98 Å². The normalized spacial score (nSPS) is 17.8. The lowest BCUT2D eigenvalue weighted by atomic mass is 9.97. The van der Waals surface area contributed by atoms with Crippen molar-refractivity contribution in [2.75, 3.05) is 11.5 Å². The fraction of sp³-hybridized carbons (Fsp3) is 0.533. The Kier molecular flexibility index (Phi) is 3.86. The van der Waals surface area contributed by atoms with Crippen LogP contribution >= 0.6 is 11.8 Å². The molecule has 6 nitrogen and oxygen atoms in total. The van der Waals surface area contributed by atoms with Gasteiger partial charge in [-0.05, 0) is 38.2 Å². The minimum absolute atomic E-state index is 0.176. The summed E-state index contributed by atoms with van der Waals surface area (Å²) in [5, 5.41) is 10.8. The molecule has 1 fully saturated rings. The number of carbonyl (C=O) groups excluding carboxylic acids is 1. The van der Waals surface area contributed by atoms with E-state index in [-0.39, 0.29) is 34.6 Å². The van der Waals surface area contributed by atoms with Gasteiger partial charge in [0.15, 0.2) is 5.78 Å². The predicted molar refractivity (Wildman–Crippen MR) is 84.5 cm³/mol. The van der Waals surface area contributed by atoms with Crippen LogP contribution < -0.4 is 5.56 Å². The van der Waals surface area contributed by atoms with Crippen LogP contribution in [0.25, 0.3) is 11.1 Å². The first kappa shape index (κ1) is 15.3. The minimum atomic E-state index is -0.889. The van der Waals surface area contributed by atoms with Crippen LogP contribution in [0.3, 0.4) is 0 Å². The maximum atomic E-state index is 12.7. The fourth-order valence-electron chi connectivity index (χ4n) is 2.90. The van der Waals surface area contributed by atoms with E-state index >= 15 is 0 Å². The average Bonchev–Trinajstić information content (AvgIpc) is 2.80. The Morgan fingerprint density at radius 1 is 1.50 bits per heavy atom. The van der Waals surface area contributed by atoms with Crippen LogP contribution in [0, 0.1) is 6.92 Å². The Balaban J connectivity index is 2.08. The standard InChI is InChI=1S/C15H18N2O4S/c1-9(18)11-10(2)21-13-12(11)14(19)17(8-16-13)7-15(20)3-5-22-6-4-15/h8,20H,3-7H2,1-2H3. The summed E-state index contributed by atoms with van der Waals surface area (Å²) in [5.74, 6) is 1.94. The number of thioether (sulfide) groups is 1. The van der Waals surface area contributed by atoms with Crippen molar-refractivity contribution in [1.82, 2.24) is 9.55 Å². The number of rotatable bonds is 3. The molecule has 0 amide bonds. The van der Waals surface area contributed by atoms with E-state index in [4.69, 9.17) is 4.42 Å². The molecule has 118 valence electrons. The van der Waals surface area contributed by atoms with Gasteiger partial charge in [-0.2, -0.15) is 11.8 Å². The highest BCUT2D eigenvalue weighted by Gasteiger charge is 2.31. The lowest BCUT2D eigenvalue weighted by Crippen LogP contribution is -2.41. The van der Waals surface area contributed by atoms with E-state index in [1.165, 1.54) is 17.8 Å². The summed E-state index contributed by atoms with van der Waals surface area (Å²) < 4.78 is 6.79. The molecule has 0 aromatic carbocycles. The highest BCUT2D eigenvalue weighted by atomic mass is 32.2. The van der Waals surface area contributed by atoms with Gasteiger partial charge in [0.1, 0.15) is 17.5 Å². The van der Waals surface area contributed by atoms with Gasteiger partial charge in [0.2, 0.25) is 5.71 Å². The highest BCUT2D eigenvalue weighted by Crippen LogP contribution is 2.28. The SMILES string of the molecule is CC(=O)c1c(C)oc2ncn(CC3(O)CCSCC3)c(=O)c12. The third-order valence-corrected chi connectivity index (χ3v) is 5.08. The molecule has 0 unspecified atom stereocenters. The molecule has 1 aliphatic rings. The van der Waals surface area contributed by atoms with Crippen LogP contribution in [0.5, 0.6) is 0 Å². The zero-order valence-corrected chi connectivity index (χ0v) is 13.4. The molecule has 1 aliphatic heterocycles. The number of furan rings is 1. The largest absolute Gasteiger partial charge is 0.442 e. The van der Waals surface area contributed by atoms with Crippen molar-refractivity contribution in [2.45, 2.75) is 38.8 Å². The quantitative estimate of drug-likeness (QED) is 0.867. The van der Waals surface area contributed by atoms with E-state index in [2.05, 4.69) is 4.98 Å². The number of aromatic nitrogens is 2. The molecule has 3 rings (SSSR count). The average molecular weight is 322 g/mol. The lowest BCUT2D eigenvalue weighted by molar-refractivity contribution is 0.0138. The van der Waals surface area contributed by atoms with E-state index in [1.54, 1.807) is 18.7 Å². The first-order chi connectivity index (χ1) is 10.4. The first-order valence-corrected chi connectivity index (χ1v) is 8.36. The summed E-state index contributed by atoms with van der Waals surface area (Å²) in [6.07, 6.45) is 2.68. The van der Waals surface area contributed by atoms with Crippen molar-refractivity contribution in [1.29, 1.82) is 0 Å². The molecule has 2 aromatic heterocycles. The summed E-state index contributed by atoms with van der Waals surface area (Å²) in [6, 6.07) is 0. The molecule has 0 saturated carbocycles. The minimum Gasteiger partial charge on any atom is -0.442 e. The number of nitrogens with zero attached hydrogens (tertiary/aromatic N) is 2. The number of carbonyl (C=O) groups is 1. The molecule has 1 N–H and O–H groups in total. The maximum Gasteiger partial charge on any atom is 0.265 e. The van der Waals surface area contributed by atoms with E-state index in [0.717, 1.165) is 11.5 Å². The molecule has 22 heavy (non-hydrogen) atoms. The van der Waals surface area contributed by atoms with E-state index < -0.39 is 5.60 Å². The molecule has 0 bridgehead atoms. The molecule has 0 atom stereocenters. The van der Waals surface area contributed by atoms with Crippen LogP contribution in [0.15, 0.2) is 15.5 Å². The Labute approximate surface area is 131 Å². The van der Waals surface area contributed by atoms with Crippen LogP contribution in [0.1, 0.15) is 35.9 Å². The summed E-state index contributed by atoms with van der Waals surface area (Å²) in [6.45, 7) is 3.24. The fourth-order valence-corrected chi connectivity index (χ4v) is 4.15. The second-order valence-electron chi connectivity index (χ2n) is 5.78. The molecule has 0 radical (unpaired) electrons. The molecule has 0 spiro atoms. The van der Waals surface area contributed by atoms with Crippen molar-refractivity contribution < 1.29 is 14.3 Å². The number of fused-ring (bicyclic) bond motifs is 1. The van der Waals surface area contributed by atoms with E-state index in [1.807, 2.05) is 0 Å². The third-order valence-electron chi connectivity index (χ3n) is 4.10. The Hall–Kier alpha value is -1.60.